The predicted molar refractivity (Wildman–Crippen MR) is 91.3 cm³/mol. The van der Waals surface area contributed by atoms with Crippen LogP contribution in [0.5, 0.6) is 11.5 Å². The molecule has 0 N–H and O–H groups in total. The molecule has 1 aromatic carbocycles. The molecule has 25 heavy (non-hydrogen) atoms. The number of methoxy groups -OCH3 is 2. The summed E-state index contributed by atoms with van der Waals surface area (Å²) in [5.74, 6) is 0.546. The van der Waals surface area contributed by atoms with E-state index in [0.717, 1.165) is 17.9 Å². The van der Waals surface area contributed by atoms with Crippen LogP contribution in [0.1, 0.15) is 18.4 Å². The van der Waals surface area contributed by atoms with Gasteiger partial charge < -0.3 is 9.47 Å². The highest BCUT2D eigenvalue weighted by Crippen LogP contribution is 2.49. The first-order valence-electron chi connectivity index (χ1n) is 8.46. The molecule has 3 aliphatic carbocycles. The Labute approximate surface area is 146 Å². The summed E-state index contributed by atoms with van der Waals surface area (Å²) in [5.41, 5.74) is 0.651. The molecule has 6 heteroatoms. The molecule has 0 aromatic heterocycles. The van der Waals surface area contributed by atoms with Crippen LogP contribution in [0.3, 0.4) is 0 Å². The van der Waals surface area contributed by atoms with Crippen molar-refractivity contribution in [3.8, 4) is 11.5 Å². The maximum atomic E-state index is 12.7. The van der Waals surface area contributed by atoms with Crippen molar-refractivity contribution in [1.82, 2.24) is 5.01 Å². The average Bonchev–Trinajstić information content (AvgIpc) is 2.93. The van der Waals surface area contributed by atoms with Crippen LogP contribution in [0, 0.1) is 23.7 Å². The van der Waals surface area contributed by atoms with Crippen LogP contribution in [0.15, 0.2) is 35.5 Å². The van der Waals surface area contributed by atoms with Crippen molar-refractivity contribution in [2.45, 2.75) is 12.8 Å². The van der Waals surface area contributed by atoms with Crippen LogP contribution < -0.4 is 9.47 Å². The van der Waals surface area contributed by atoms with Crippen LogP contribution in [-0.4, -0.2) is 37.3 Å². The smallest absolute Gasteiger partial charge is 0.254 e. The van der Waals surface area contributed by atoms with Gasteiger partial charge in [0.05, 0.1) is 32.3 Å². The van der Waals surface area contributed by atoms with E-state index >= 15 is 0 Å². The first kappa shape index (κ1) is 15.9. The lowest BCUT2D eigenvalue weighted by atomic mass is 9.63. The van der Waals surface area contributed by atoms with Crippen LogP contribution in [0.25, 0.3) is 0 Å². The van der Waals surface area contributed by atoms with Crippen molar-refractivity contribution in [3.63, 3.8) is 0 Å². The van der Waals surface area contributed by atoms with Gasteiger partial charge in [-0.05, 0) is 36.8 Å². The summed E-state index contributed by atoms with van der Waals surface area (Å²) in [4.78, 5) is 25.5. The van der Waals surface area contributed by atoms with Gasteiger partial charge in [0, 0.05) is 5.56 Å². The van der Waals surface area contributed by atoms with Crippen LogP contribution in [0.4, 0.5) is 0 Å². The van der Waals surface area contributed by atoms with Crippen molar-refractivity contribution in [1.29, 1.82) is 0 Å². The molecule has 4 atom stereocenters. The fraction of sp³-hybridized carbons (Fsp3) is 0.421. The summed E-state index contributed by atoms with van der Waals surface area (Å²) in [6.07, 6.45) is 7.63. The number of hydrazone groups is 1. The Kier molecular flexibility index (Phi) is 3.82. The van der Waals surface area contributed by atoms with Crippen molar-refractivity contribution in [3.05, 3.63) is 35.9 Å². The van der Waals surface area contributed by atoms with Gasteiger partial charge in [-0.2, -0.15) is 10.1 Å². The van der Waals surface area contributed by atoms with Crippen LogP contribution in [-0.2, 0) is 9.59 Å². The van der Waals surface area contributed by atoms with Gasteiger partial charge in [0.1, 0.15) is 0 Å². The summed E-state index contributed by atoms with van der Waals surface area (Å²) in [5, 5.41) is 5.25. The van der Waals surface area contributed by atoms with E-state index in [4.69, 9.17) is 9.47 Å². The SMILES string of the molecule is COc1cccc(/C=N\N2C(=O)[C@@H]3[C@@H](C2=O)[C@@H]2C=C[C@@H]3CC2)c1OC. The quantitative estimate of drug-likeness (QED) is 0.479. The number of carbonyl (C=O) groups excluding carboxylic acids is 2. The van der Waals surface area contributed by atoms with Crippen LogP contribution >= 0.6 is 0 Å². The van der Waals surface area contributed by atoms with Crippen molar-refractivity contribution in [2.24, 2.45) is 28.8 Å². The molecule has 1 aromatic rings. The molecular weight excluding hydrogens is 320 g/mol. The highest BCUT2D eigenvalue weighted by atomic mass is 16.5. The molecule has 6 nitrogen and oxygen atoms in total. The van der Waals surface area contributed by atoms with E-state index in [1.54, 1.807) is 32.4 Å². The predicted octanol–water partition coefficient (Wildman–Crippen LogP) is 2.23. The lowest BCUT2D eigenvalue weighted by molar-refractivity contribution is -0.140. The highest BCUT2D eigenvalue weighted by Gasteiger charge is 2.56. The van der Waals surface area contributed by atoms with E-state index in [0.29, 0.717) is 17.1 Å². The number of rotatable bonds is 4. The summed E-state index contributed by atoms with van der Waals surface area (Å²) >= 11 is 0. The molecular formula is C19H20N2O4. The van der Waals surface area contributed by atoms with Crippen molar-refractivity contribution < 1.29 is 19.1 Å². The maximum absolute atomic E-state index is 12.7. The van der Waals surface area contributed by atoms with Gasteiger partial charge in [0.25, 0.3) is 11.8 Å². The summed E-state index contributed by atoms with van der Waals surface area (Å²) in [6, 6.07) is 5.38. The molecule has 130 valence electrons. The first-order chi connectivity index (χ1) is 12.2. The van der Waals surface area contributed by atoms with E-state index < -0.39 is 0 Å². The normalized spacial score (nSPS) is 30.2. The molecule has 1 aliphatic heterocycles. The van der Waals surface area contributed by atoms with E-state index in [2.05, 4.69) is 17.3 Å². The van der Waals surface area contributed by atoms with Gasteiger partial charge in [-0.3, -0.25) is 9.59 Å². The Morgan fingerprint density at radius 1 is 1.04 bits per heavy atom. The number of hydrogen-bond acceptors (Lipinski definition) is 5. The Morgan fingerprint density at radius 3 is 2.20 bits per heavy atom. The summed E-state index contributed by atoms with van der Waals surface area (Å²) in [6.45, 7) is 0. The van der Waals surface area contributed by atoms with E-state index in [1.807, 2.05) is 0 Å². The number of allylic oxidation sites excluding steroid dienone is 2. The zero-order chi connectivity index (χ0) is 17.6. The first-order valence-corrected chi connectivity index (χ1v) is 8.46. The van der Waals surface area contributed by atoms with Crippen LogP contribution in [0.2, 0.25) is 0 Å². The Morgan fingerprint density at radius 2 is 1.68 bits per heavy atom. The van der Waals surface area contributed by atoms with Crippen molar-refractivity contribution >= 4 is 18.0 Å². The molecule has 4 aliphatic rings. The maximum Gasteiger partial charge on any atom is 0.254 e. The standard InChI is InChI=1S/C19H20N2O4/c1-24-14-5-3-4-13(17(14)25-2)10-20-21-18(22)15-11-6-7-12(9-8-11)16(15)19(21)23/h3-7,10-12,15-16H,8-9H2,1-2H3/b20-10-/t11-,12-,15+,16+/m1/s1. The number of hydrogen-bond donors (Lipinski definition) is 0. The second-order valence-electron chi connectivity index (χ2n) is 6.66. The molecule has 0 radical (unpaired) electrons. The number of fused-ring (bicyclic) bond motifs is 1. The number of nitrogens with zero attached hydrogens (tertiary/aromatic N) is 2. The molecule has 0 unspecified atom stereocenters. The third kappa shape index (κ3) is 2.35. The molecule has 2 amide bonds. The number of imide groups is 1. The number of benzene rings is 1. The van der Waals surface area contributed by atoms with Gasteiger partial charge in [-0.15, -0.1) is 0 Å². The topological polar surface area (TPSA) is 68.2 Å². The molecule has 1 heterocycles. The summed E-state index contributed by atoms with van der Waals surface area (Å²) in [7, 11) is 3.10. The van der Waals surface area contributed by atoms with Gasteiger partial charge in [-0.1, -0.05) is 18.2 Å². The second kappa shape index (κ2) is 6.02. The monoisotopic (exact) mass is 340 g/mol. The minimum absolute atomic E-state index is 0.165. The number of amides is 2. The molecule has 2 bridgehead atoms. The molecule has 2 fully saturated rings. The molecule has 5 rings (SSSR count). The fourth-order valence-corrected chi connectivity index (χ4v) is 4.31. The van der Waals surface area contributed by atoms with Gasteiger partial charge in [0.2, 0.25) is 0 Å². The van der Waals surface area contributed by atoms with Gasteiger partial charge in [-0.25, -0.2) is 0 Å². The minimum Gasteiger partial charge on any atom is -0.493 e. The molecule has 0 spiro atoms. The minimum atomic E-state index is -0.249. The van der Waals surface area contributed by atoms with E-state index in [1.165, 1.54) is 6.21 Å². The van der Waals surface area contributed by atoms with E-state index in [-0.39, 0.29) is 35.5 Å². The number of ether oxygens (including phenoxy) is 2. The lowest BCUT2D eigenvalue weighted by Gasteiger charge is -2.37. The summed E-state index contributed by atoms with van der Waals surface area (Å²) < 4.78 is 10.6. The average molecular weight is 340 g/mol. The number of carbonyl (C=O) groups is 2. The molecule has 1 saturated carbocycles. The Balaban J connectivity index is 1.63. The fourth-order valence-electron chi connectivity index (χ4n) is 4.31. The third-order valence-electron chi connectivity index (χ3n) is 5.48. The highest BCUT2D eigenvalue weighted by molar-refractivity contribution is 6.06. The zero-order valence-corrected chi connectivity index (χ0v) is 14.2. The van der Waals surface area contributed by atoms with Crippen molar-refractivity contribution in [2.75, 3.05) is 14.2 Å². The van der Waals surface area contributed by atoms with E-state index in [9.17, 15) is 9.59 Å². The van der Waals surface area contributed by atoms with Gasteiger partial charge >= 0.3 is 0 Å². The zero-order valence-electron chi connectivity index (χ0n) is 14.2. The second-order valence-corrected chi connectivity index (χ2v) is 6.66. The Bertz CT molecular complexity index is 754. The lowest BCUT2D eigenvalue weighted by Crippen LogP contribution is -2.38. The largest absolute Gasteiger partial charge is 0.493 e. The Hall–Kier alpha value is -2.63. The van der Waals surface area contributed by atoms with Gasteiger partial charge in [0.15, 0.2) is 11.5 Å². The number of para-hydroxylation sites is 1. The third-order valence-corrected chi connectivity index (χ3v) is 5.48. The molecule has 1 saturated heterocycles.